The van der Waals surface area contributed by atoms with Gasteiger partial charge in [0.05, 0.1) is 12.0 Å². The van der Waals surface area contributed by atoms with Gasteiger partial charge in [-0.25, -0.2) is 0 Å². The maximum Gasteiger partial charge on any atom is 0.284 e. The number of aromatic nitrogens is 4. The SMILES string of the molecule is CCO/C=N/n1cnn2c(=O)c3c4c(sc3nc12)CCCC4. The highest BCUT2D eigenvalue weighted by Gasteiger charge is 2.21. The third-order valence-electron chi connectivity index (χ3n) is 3.84. The zero-order valence-corrected chi connectivity index (χ0v) is 13.0. The van der Waals surface area contributed by atoms with Gasteiger partial charge in [-0.1, -0.05) is 0 Å². The number of fused-ring (bicyclic) bond motifs is 4. The fraction of sp³-hybridized carbons (Fsp3) is 0.429. The molecule has 0 spiro atoms. The number of hydrogen-bond donors (Lipinski definition) is 0. The molecule has 114 valence electrons. The van der Waals surface area contributed by atoms with Gasteiger partial charge in [-0.3, -0.25) is 4.79 Å². The van der Waals surface area contributed by atoms with Crippen LogP contribution >= 0.6 is 11.3 Å². The fourth-order valence-electron chi connectivity index (χ4n) is 2.83. The predicted octanol–water partition coefficient (Wildman–Crippen LogP) is 1.81. The summed E-state index contributed by atoms with van der Waals surface area (Å²) in [5.74, 6) is 0.409. The molecule has 3 aromatic rings. The Kier molecular flexibility index (Phi) is 3.18. The fourth-order valence-corrected chi connectivity index (χ4v) is 4.08. The minimum atomic E-state index is -0.107. The zero-order valence-electron chi connectivity index (χ0n) is 12.2. The molecule has 3 aromatic heterocycles. The topological polar surface area (TPSA) is 73.8 Å². The van der Waals surface area contributed by atoms with Gasteiger partial charge in [-0.2, -0.15) is 14.2 Å². The summed E-state index contributed by atoms with van der Waals surface area (Å²) >= 11 is 1.62. The van der Waals surface area contributed by atoms with Gasteiger partial charge in [0.15, 0.2) is 6.40 Å². The summed E-state index contributed by atoms with van der Waals surface area (Å²) in [6.45, 7) is 2.41. The van der Waals surface area contributed by atoms with Crippen LogP contribution in [0.5, 0.6) is 0 Å². The maximum absolute atomic E-state index is 12.7. The summed E-state index contributed by atoms with van der Waals surface area (Å²) in [6.07, 6.45) is 7.12. The van der Waals surface area contributed by atoms with Gasteiger partial charge in [-0.15, -0.1) is 21.5 Å². The molecule has 8 heteroatoms. The lowest BCUT2D eigenvalue weighted by Crippen LogP contribution is -2.17. The monoisotopic (exact) mass is 317 g/mol. The van der Waals surface area contributed by atoms with Gasteiger partial charge in [0.2, 0.25) is 0 Å². The Morgan fingerprint density at radius 1 is 1.45 bits per heavy atom. The molecule has 4 rings (SSSR count). The van der Waals surface area contributed by atoms with E-state index in [9.17, 15) is 4.79 Å². The van der Waals surface area contributed by atoms with Crippen molar-refractivity contribution in [1.82, 2.24) is 19.3 Å². The maximum atomic E-state index is 12.7. The summed E-state index contributed by atoms with van der Waals surface area (Å²) in [5.41, 5.74) is 1.07. The summed E-state index contributed by atoms with van der Waals surface area (Å²) in [4.78, 5) is 19.4. The molecule has 7 nitrogen and oxygen atoms in total. The molecule has 0 bridgehead atoms. The first-order valence-corrected chi connectivity index (χ1v) is 8.16. The minimum Gasteiger partial charge on any atom is -0.482 e. The Balaban J connectivity index is 1.95. The number of thiophene rings is 1. The van der Waals surface area contributed by atoms with Gasteiger partial charge in [0.25, 0.3) is 11.3 Å². The van der Waals surface area contributed by atoms with Crippen LogP contribution in [0.25, 0.3) is 16.0 Å². The van der Waals surface area contributed by atoms with Crippen molar-refractivity contribution in [1.29, 1.82) is 0 Å². The van der Waals surface area contributed by atoms with E-state index in [1.165, 1.54) is 38.8 Å². The Morgan fingerprint density at radius 2 is 2.32 bits per heavy atom. The van der Waals surface area contributed by atoms with Crippen LogP contribution in [-0.4, -0.2) is 32.3 Å². The molecule has 22 heavy (non-hydrogen) atoms. The number of rotatable bonds is 3. The van der Waals surface area contributed by atoms with Crippen LogP contribution in [0.3, 0.4) is 0 Å². The highest BCUT2D eigenvalue weighted by atomic mass is 32.1. The second-order valence-electron chi connectivity index (χ2n) is 5.17. The quantitative estimate of drug-likeness (QED) is 0.545. The van der Waals surface area contributed by atoms with Gasteiger partial charge in [0, 0.05) is 4.88 Å². The van der Waals surface area contributed by atoms with Crippen LogP contribution in [0, 0.1) is 0 Å². The van der Waals surface area contributed by atoms with Crippen molar-refractivity contribution >= 4 is 33.7 Å². The van der Waals surface area contributed by atoms with E-state index in [1.54, 1.807) is 11.3 Å². The molecule has 0 aromatic carbocycles. The molecule has 0 saturated carbocycles. The van der Waals surface area contributed by atoms with Crippen molar-refractivity contribution in [2.45, 2.75) is 32.6 Å². The Morgan fingerprint density at radius 3 is 3.18 bits per heavy atom. The molecule has 0 saturated heterocycles. The molecule has 0 aliphatic heterocycles. The zero-order chi connectivity index (χ0) is 15.1. The number of hydrogen-bond acceptors (Lipinski definition) is 6. The smallest absolute Gasteiger partial charge is 0.284 e. The largest absolute Gasteiger partial charge is 0.482 e. The van der Waals surface area contributed by atoms with E-state index in [0.29, 0.717) is 12.4 Å². The molecule has 0 unspecified atom stereocenters. The van der Waals surface area contributed by atoms with Gasteiger partial charge in [0.1, 0.15) is 11.2 Å². The first-order valence-electron chi connectivity index (χ1n) is 7.34. The third-order valence-corrected chi connectivity index (χ3v) is 5.03. The third kappa shape index (κ3) is 1.94. The number of ether oxygens (including phenoxy) is 1. The molecule has 0 atom stereocenters. The number of nitrogens with zero attached hydrogens (tertiary/aromatic N) is 5. The molecule has 3 heterocycles. The standard InChI is InChI=1S/C14H15N5O2S/c1-2-21-8-16-18-7-15-19-13(20)11-9-5-3-4-6-10(9)22-12(11)17-14(18)19/h7-8H,2-6H2,1H3/b16-8+. The molecule has 0 N–H and O–H groups in total. The Bertz CT molecular complexity index is 936. The average molecular weight is 317 g/mol. The van der Waals surface area contributed by atoms with E-state index in [-0.39, 0.29) is 5.56 Å². The van der Waals surface area contributed by atoms with E-state index < -0.39 is 0 Å². The summed E-state index contributed by atoms with van der Waals surface area (Å²) in [5, 5.41) is 8.95. The summed E-state index contributed by atoms with van der Waals surface area (Å²) in [6, 6.07) is 0. The highest BCUT2D eigenvalue weighted by Crippen LogP contribution is 2.33. The highest BCUT2D eigenvalue weighted by molar-refractivity contribution is 7.18. The van der Waals surface area contributed by atoms with E-state index in [2.05, 4.69) is 15.2 Å². The molecule has 0 fully saturated rings. The van der Waals surface area contributed by atoms with E-state index in [4.69, 9.17) is 4.74 Å². The van der Waals surface area contributed by atoms with Gasteiger partial charge < -0.3 is 4.74 Å². The molecule has 0 amide bonds. The first kappa shape index (κ1) is 13.4. The normalized spacial score (nSPS) is 15.0. The molecule has 1 aliphatic rings. The van der Waals surface area contributed by atoms with E-state index in [0.717, 1.165) is 29.5 Å². The van der Waals surface area contributed by atoms with Crippen molar-refractivity contribution in [3.05, 3.63) is 27.1 Å². The molecular weight excluding hydrogens is 302 g/mol. The number of aryl methyl sites for hydroxylation is 2. The van der Waals surface area contributed by atoms with Crippen molar-refractivity contribution in [2.75, 3.05) is 6.61 Å². The Labute approximate surface area is 129 Å². The molecule has 0 radical (unpaired) electrons. The summed E-state index contributed by atoms with van der Waals surface area (Å²) < 4.78 is 7.85. The second kappa shape index (κ2) is 5.20. The summed E-state index contributed by atoms with van der Waals surface area (Å²) in [7, 11) is 0. The minimum absolute atomic E-state index is 0.107. The second-order valence-corrected chi connectivity index (χ2v) is 6.26. The van der Waals surface area contributed by atoms with Crippen LogP contribution < -0.4 is 5.56 Å². The van der Waals surface area contributed by atoms with Crippen LogP contribution in [-0.2, 0) is 17.6 Å². The van der Waals surface area contributed by atoms with Crippen LogP contribution in [0.1, 0.15) is 30.2 Å². The van der Waals surface area contributed by atoms with E-state index >= 15 is 0 Å². The lowest BCUT2D eigenvalue weighted by atomic mass is 9.97. The van der Waals surface area contributed by atoms with E-state index in [1.807, 2.05) is 6.92 Å². The van der Waals surface area contributed by atoms with Gasteiger partial charge >= 0.3 is 0 Å². The lowest BCUT2D eigenvalue weighted by Gasteiger charge is -2.09. The van der Waals surface area contributed by atoms with Crippen LogP contribution in [0.2, 0.25) is 0 Å². The predicted molar refractivity (Wildman–Crippen MR) is 84.8 cm³/mol. The van der Waals surface area contributed by atoms with Crippen LogP contribution in [0.15, 0.2) is 16.2 Å². The Hall–Kier alpha value is -2.22. The average Bonchev–Trinajstić information content (AvgIpc) is 3.09. The van der Waals surface area contributed by atoms with Crippen molar-refractivity contribution < 1.29 is 4.74 Å². The molecular formula is C14H15N5O2S. The van der Waals surface area contributed by atoms with Crippen molar-refractivity contribution in [3.8, 4) is 0 Å². The van der Waals surface area contributed by atoms with Crippen molar-refractivity contribution in [3.63, 3.8) is 0 Å². The van der Waals surface area contributed by atoms with Crippen LogP contribution in [0.4, 0.5) is 0 Å². The van der Waals surface area contributed by atoms with Crippen molar-refractivity contribution in [2.24, 2.45) is 5.10 Å². The molecule has 1 aliphatic carbocycles. The van der Waals surface area contributed by atoms with Gasteiger partial charge in [-0.05, 0) is 38.2 Å². The lowest BCUT2D eigenvalue weighted by molar-refractivity contribution is 0.341. The first-order chi connectivity index (χ1) is 10.8.